The average molecular weight is 386 g/mol. The molecule has 0 radical (unpaired) electrons. The van der Waals surface area contributed by atoms with Crippen molar-refractivity contribution in [3.8, 4) is 11.1 Å². The number of fused-ring (bicyclic) bond motifs is 1. The zero-order valence-corrected chi connectivity index (χ0v) is 16.4. The third-order valence-corrected chi connectivity index (χ3v) is 5.32. The van der Waals surface area contributed by atoms with Gasteiger partial charge in [-0.15, -0.1) is 11.3 Å². The quantitative estimate of drug-likeness (QED) is 0.459. The second-order valence-corrected chi connectivity index (χ2v) is 7.28. The van der Waals surface area contributed by atoms with Gasteiger partial charge in [0.15, 0.2) is 0 Å². The molecule has 7 heteroatoms. The number of hydrogen-bond donors (Lipinski definition) is 0. The van der Waals surface area contributed by atoms with Crippen molar-refractivity contribution in [1.29, 1.82) is 0 Å². The first-order valence-corrected chi connectivity index (χ1v) is 9.66. The molecule has 1 unspecified atom stereocenters. The van der Waals surface area contributed by atoms with E-state index >= 15 is 0 Å². The van der Waals surface area contributed by atoms with Crippen LogP contribution < -0.4 is 5.56 Å². The number of aromatic nitrogens is 2. The Labute approximate surface area is 161 Å². The van der Waals surface area contributed by atoms with Gasteiger partial charge >= 0.3 is 5.97 Å². The van der Waals surface area contributed by atoms with Gasteiger partial charge in [0.25, 0.3) is 5.56 Å². The number of ether oxygens (including phenoxy) is 2. The predicted octanol–water partition coefficient (Wildman–Crippen LogP) is 3.57. The van der Waals surface area contributed by atoms with Crippen LogP contribution in [0.15, 0.2) is 41.5 Å². The number of benzene rings is 1. The summed E-state index contributed by atoms with van der Waals surface area (Å²) in [5, 5.41) is 0.542. The van der Waals surface area contributed by atoms with Crippen LogP contribution in [0.1, 0.15) is 24.8 Å². The van der Waals surface area contributed by atoms with Crippen LogP contribution in [0.4, 0.5) is 0 Å². The smallest absolute Gasteiger partial charge is 0.329 e. The van der Waals surface area contributed by atoms with E-state index in [1.807, 2.05) is 44.2 Å². The van der Waals surface area contributed by atoms with Crippen molar-refractivity contribution in [2.24, 2.45) is 0 Å². The number of carbonyl (C=O) groups is 1. The minimum atomic E-state index is -0.764. The molecule has 3 aromatic rings. The fraction of sp³-hybridized carbons (Fsp3) is 0.350. The molecule has 3 rings (SSSR count). The van der Waals surface area contributed by atoms with E-state index in [0.29, 0.717) is 23.4 Å². The second kappa shape index (κ2) is 8.45. The summed E-state index contributed by atoms with van der Waals surface area (Å²) < 4.78 is 11.7. The molecule has 6 nitrogen and oxygen atoms in total. The number of nitrogens with zero attached hydrogens (tertiary/aromatic N) is 2. The van der Waals surface area contributed by atoms with Crippen molar-refractivity contribution in [1.82, 2.24) is 9.55 Å². The van der Waals surface area contributed by atoms with Gasteiger partial charge in [0.1, 0.15) is 17.5 Å². The van der Waals surface area contributed by atoms with Gasteiger partial charge in [-0.2, -0.15) is 0 Å². The number of carbonyl (C=O) groups excluding carboxylic acids is 1. The third-order valence-electron chi connectivity index (χ3n) is 4.31. The Bertz CT molecular complexity index is 994. The minimum Gasteiger partial charge on any atom is -0.462 e. The fourth-order valence-corrected chi connectivity index (χ4v) is 3.93. The van der Waals surface area contributed by atoms with E-state index in [-0.39, 0.29) is 12.2 Å². The standard InChI is InChI=1S/C20H22N2O4S/c1-4-25-10-11-26-20(24)13(2)22-12-21-18-17(19(22)23)16(14(3)27-18)15-8-6-5-7-9-15/h5-9,12-13H,4,10-11H2,1-3H3. The monoisotopic (exact) mass is 386 g/mol. The molecule has 0 saturated carbocycles. The maximum absolute atomic E-state index is 13.2. The molecule has 1 atom stereocenters. The van der Waals surface area contributed by atoms with E-state index in [1.165, 1.54) is 22.2 Å². The third kappa shape index (κ3) is 3.94. The first kappa shape index (κ1) is 19.3. The first-order valence-electron chi connectivity index (χ1n) is 8.84. The van der Waals surface area contributed by atoms with Gasteiger partial charge in [-0.1, -0.05) is 30.3 Å². The summed E-state index contributed by atoms with van der Waals surface area (Å²) >= 11 is 1.48. The molecular weight excluding hydrogens is 364 g/mol. The van der Waals surface area contributed by atoms with Gasteiger partial charge in [-0.05, 0) is 26.3 Å². The van der Waals surface area contributed by atoms with E-state index in [0.717, 1.165) is 16.0 Å². The normalized spacial score (nSPS) is 12.3. The summed E-state index contributed by atoms with van der Waals surface area (Å²) in [6.45, 7) is 6.55. The average Bonchev–Trinajstić information content (AvgIpc) is 3.02. The molecular formula is C20H22N2O4S. The lowest BCUT2D eigenvalue weighted by Gasteiger charge is -2.14. The Morgan fingerprint density at radius 1 is 1.26 bits per heavy atom. The van der Waals surface area contributed by atoms with Gasteiger partial charge in [0, 0.05) is 17.0 Å². The van der Waals surface area contributed by atoms with Crippen molar-refractivity contribution in [3.63, 3.8) is 0 Å². The molecule has 0 fully saturated rings. The Morgan fingerprint density at radius 3 is 2.70 bits per heavy atom. The summed E-state index contributed by atoms with van der Waals surface area (Å²) in [7, 11) is 0. The Morgan fingerprint density at radius 2 is 2.00 bits per heavy atom. The maximum Gasteiger partial charge on any atom is 0.329 e. The molecule has 0 spiro atoms. The molecule has 142 valence electrons. The second-order valence-electron chi connectivity index (χ2n) is 6.08. The Balaban J connectivity index is 1.98. The zero-order chi connectivity index (χ0) is 19.4. The number of aryl methyl sites for hydroxylation is 1. The fourth-order valence-electron chi connectivity index (χ4n) is 2.92. The molecule has 0 aliphatic carbocycles. The molecule has 0 bridgehead atoms. The number of thiophene rings is 1. The van der Waals surface area contributed by atoms with Crippen LogP contribution in [0.3, 0.4) is 0 Å². The van der Waals surface area contributed by atoms with Crippen molar-refractivity contribution < 1.29 is 14.3 Å². The highest BCUT2D eigenvalue weighted by molar-refractivity contribution is 7.19. The number of hydrogen-bond acceptors (Lipinski definition) is 6. The molecule has 27 heavy (non-hydrogen) atoms. The highest BCUT2D eigenvalue weighted by Crippen LogP contribution is 2.35. The summed E-state index contributed by atoms with van der Waals surface area (Å²) in [6, 6.07) is 8.98. The van der Waals surface area contributed by atoms with Gasteiger partial charge in [0.05, 0.1) is 18.3 Å². The topological polar surface area (TPSA) is 70.4 Å². The van der Waals surface area contributed by atoms with Crippen molar-refractivity contribution in [3.05, 3.63) is 51.9 Å². The van der Waals surface area contributed by atoms with Crippen LogP contribution >= 0.6 is 11.3 Å². The molecule has 2 aromatic heterocycles. The Hall–Kier alpha value is -2.51. The molecule has 0 aliphatic rings. The van der Waals surface area contributed by atoms with Crippen LogP contribution in [-0.2, 0) is 14.3 Å². The van der Waals surface area contributed by atoms with E-state index in [2.05, 4.69) is 4.98 Å². The van der Waals surface area contributed by atoms with E-state index in [1.54, 1.807) is 6.92 Å². The number of rotatable bonds is 7. The molecule has 1 aromatic carbocycles. The van der Waals surface area contributed by atoms with Crippen LogP contribution in [0, 0.1) is 6.92 Å². The van der Waals surface area contributed by atoms with Crippen LogP contribution in [0.5, 0.6) is 0 Å². The summed E-state index contributed by atoms with van der Waals surface area (Å²) in [5.74, 6) is -0.480. The van der Waals surface area contributed by atoms with Crippen molar-refractivity contribution in [2.45, 2.75) is 26.8 Å². The lowest BCUT2D eigenvalue weighted by Crippen LogP contribution is -2.30. The van der Waals surface area contributed by atoms with Crippen LogP contribution in [0.25, 0.3) is 21.3 Å². The zero-order valence-electron chi connectivity index (χ0n) is 15.6. The van der Waals surface area contributed by atoms with Gasteiger partial charge in [0.2, 0.25) is 0 Å². The predicted molar refractivity (Wildman–Crippen MR) is 106 cm³/mol. The van der Waals surface area contributed by atoms with E-state index in [9.17, 15) is 9.59 Å². The van der Waals surface area contributed by atoms with Gasteiger partial charge < -0.3 is 9.47 Å². The van der Waals surface area contributed by atoms with E-state index in [4.69, 9.17) is 9.47 Å². The Kier molecular flexibility index (Phi) is 6.03. The molecule has 0 saturated heterocycles. The molecule has 0 N–H and O–H groups in total. The van der Waals surface area contributed by atoms with E-state index < -0.39 is 12.0 Å². The highest BCUT2D eigenvalue weighted by Gasteiger charge is 2.22. The lowest BCUT2D eigenvalue weighted by molar-refractivity contribution is -0.148. The van der Waals surface area contributed by atoms with Crippen LogP contribution in [-0.4, -0.2) is 35.3 Å². The molecule has 2 heterocycles. The van der Waals surface area contributed by atoms with Gasteiger partial charge in [-0.25, -0.2) is 9.78 Å². The minimum absolute atomic E-state index is 0.161. The molecule has 0 aliphatic heterocycles. The van der Waals surface area contributed by atoms with Gasteiger partial charge in [-0.3, -0.25) is 9.36 Å². The van der Waals surface area contributed by atoms with Crippen LogP contribution in [0.2, 0.25) is 0 Å². The maximum atomic E-state index is 13.2. The van der Waals surface area contributed by atoms with Crippen molar-refractivity contribution >= 4 is 27.5 Å². The molecule has 0 amide bonds. The SMILES string of the molecule is CCOCCOC(=O)C(C)n1cnc2sc(C)c(-c3ccccc3)c2c1=O. The van der Waals surface area contributed by atoms with Crippen molar-refractivity contribution in [2.75, 3.05) is 19.8 Å². The lowest BCUT2D eigenvalue weighted by atomic mass is 10.0. The number of esters is 1. The summed E-state index contributed by atoms with van der Waals surface area (Å²) in [5.41, 5.74) is 1.60. The summed E-state index contributed by atoms with van der Waals surface area (Å²) in [4.78, 5) is 31.5. The largest absolute Gasteiger partial charge is 0.462 e. The summed E-state index contributed by atoms with van der Waals surface area (Å²) in [6.07, 6.45) is 1.42. The highest BCUT2D eigenvalue weighted by atomic mass is 32.1. The first-order chi connectivity index (χ1) is 13.0.